The highest BCUT2D eigenvalue weighted by molar-refractivity contribution is 5.91. The monoisotopic (exact) mass is 352 g/mol. The Kier molecular flexibility index (Phi) is 4.44. The molecule has 136 valence electrons. The summed E-state index contributed by atoms with van der Waals surface area (Å²) in [4.78, 5) is 29.0. The number of rotatable bonds is 5. The maximum absolute atomic E-state index is 11.4. The quantitative estimate of drug-likeness (QED) is 0.884. The summed E-state index contributed by atoms with van der Waals surface area (Å²) < 4.78 is 0. The lowest BCUT2D eigenvalue weighted by atomic mass is 10.0. The van der Waals surface area contributed by atoms with Crippen molar-refractivity contribution in [2.24, 2.45) is 5.73 Å². The van der Waals surface area contributed by atoms with Crippen LogP contribution in [0.5, 0.6) is 0 Å². The summed E-state index contributed by atoms with van der Waals surface area (Å²) in [6, 6.07) is 6.93. The van der Waals surface area contributed by atoms with Crippen LogP contribution in [0.3, 0.4) is 0 Å². The number of nitrogens with zero attached hydrogens (tertiary/aromatic N) is 5. The number of piperidine rings is 1. The normalized spacial score (nSPS) is 18.0. The number of carbonyl (C=O) groups excluding carboxylic acids is 1. The van der Waals surface area contributed by atoms with E-state index in [1.807, 2.05) is 13.0 Å². The fraction of sp³-hybridized carbons (Fsp3) is 0.474. The maximum atomic E-state index is 11.4. The third-order valence-electron chi connectivity index (χ3n) is 5.21. The summed E-state index contributed by atoms with van der Waals surface area (Å²) in [5.74, 6) is 0.569. The van der Waals surface area contributed by atoms with Crippen molar-refractivity contribution in [3.8, 4) is 0 Å². The molecule has 26 heavy (non-hydrogen) atoms. The topological polar surface area (TPSA) is 88.2 Å². The van der Waals surface area contributed by atoms with Crippen molar-refractivity contribution in [3.63, 3.8) is 0 Å². The Bertz CT molecular complexity index is 798. The van der Waals surface area contributed by atoms with Crippen molar-refractivity contribution in [2.45, 2.75) is 44.7 Å². The van der Waals surface area contributed by atoms with Crippen LogP contribution in [0.25, 0.3) is 0 Å². The van der Waals surface area contributed by atoms with E-state index in [0.717, 1.165) is 43.1 Å². The van der Waals surface area contributed by atoms with Gasteiger partial charge >= 0.3 is 0 Å². The van der Waals surface area contributed by atoms with Crippen molar-refractivity contribution in [1.29, 1.82) is 0 Å². The molecule has 2 aliphatic rings. The molecule has 1 saturated heterocycles. The lowest BCUT2D eigenvalue weighted by molar-refractivity contribution is 0.0995. The molecule has 7 nitrogen and oxygen atoms in total. The summed E-state index contributed by atoms with van der Waals surface area (Å²) >= 11 is 0. The van der Waals surface area contributed by atoms with Crippen LogP contribution < -0.4 is 15.5 Å². The van der Waals surface area contributed by atoms with Crippen molar-refractivity contribution in [1.82, 2.24) is 15.0 Å². The van der Waals surface area contributed by atoms with Gasteiger partial charge in [0.15, 0.2) is 0 Å². The van der Waals surface area contributed by atoms with Crippen LogP contribution >= 0.6 is 0 Å². The first-order valence-corrected chi connectivity index (χ1v) is 9.19. The van der Waals surface area contributed by atoms with Crippen molar-refractivity contribution in [2.75, 3.05) is 22.9 Å². The molecule has 0 aromatic carbocycles. The van der Waals surface area contributed by atoms with Crippen LogP contribution in [-0.2, 0) is 0 Å². The zero-order valence-electron chi connectivity index (χ0n) is 15.0. The van der Waals surface area contributed by atoms with Gasteiger partial charge in [0.2, 0.25) is 0 Å². The SMILES string of the molecule is Cc1cc(N(C2CC2)C2CCN(c3ccnc(C(N)=O)c3)CC2)ncn1. The number of aryl methyl sites for hydroxylation is 1. The second-order valence-corrected chi connectivity index (χ2v) is 7.14. The molecule has 0 spiro atoms. The second kappa shape index (κ2) is 6.90. The third kappa shape index (κ3) is 3.47. The molecule has 1 amide bonds. The summed E-state index contributed by atoms with van der Waals surface area (Å²) in [6.45, 7) is 3.90. The molecule has 4 rings (SSSR count). The Labute approximate surface area is 153 Å². The van der Waals surface area contributed by atoms with Crippen molar-refractivity contribution >= 4 is 17.4 Å². The molecular weight excluding hydrogens is 328 g/mol. The number of hydrogen-bond acceptors (Lipinski definition) is 6. The van der Waals surface area contributed by atoms with E-state index in [2.05, 4.69) is 30.8 Å². The number of anilines is 2. The number of nitrogens with two attached hydrogens (primary N) is 1. The molecule has 2 aromatic rings. The first kappa shape index (κ1) is 16.8. The molecule has 7 heteroatoms. The molecular formula is C19H24N6O. The van der Waals surface area contributed by atoms with Gasteiger partial charge in [0.25, 0.3) is 5.91 Å². The lowest BCUT2D eigenvalue weighted by Gasteiger charge is -2.40. The van der Waals surface area contributed by atoms with E-state index in [1.54, 1.807) is 18.6 Å². The van der Waals surface area contributed by atoms with Gasteiger partial charge in [-0.15, -0.1) is 0 Å². The van der Waals surface area contributed by atoms with E-state index in [4.69, 9.17) is 5.73 Å². The predicted molar refractivity (Wildman–Crippen MR) is 100 cm³/mol. The molecule has 3 heterocycles. The van der Waals surface area contributed by atoms with Crippen LogP contribution in [0.4, 0.5) is 11.5 Å². The van der Waals surface area contributed by atoms with Crippen LogP contribution in [-0.4, -0.2) is 46.0 Å². The number of pyridine rings is 1. The highest BCUT2D eigenvalue weighted by Crippen LogP contribution is 2.35. The van der Waals surface area contributed by atoms with Gasteiger partial charge in [-0.05, 0) is 44.7 Å². The summed E-state index contributed by atoms with van der Waals surface area (Å²) in [6.07, 6.45) is 7.94. The third-order valence-corrected chi connectivity index (χ3v) is 5.21. The number of amides is 1. The number of hydrogen-bond donors (Lipinski definition) is 1. The van der Waals surface area contributed by atoms with E-state index in [9.17, 15) is 4.79 Å². The maximum Gasteiger partial charge on any atom is 0.267 e. The Morgan fingerprint density at radius 1 is 1.12 bits per heavy atom. The van der Waals surface area contributed by atoms with Gasteiger partial charge in [-0.3, -0.25) is 9.78 Å². The summed E-state index contributed by atoms with van der Waals surface area (Å²) in [7, 11) is 0. The van der Waals surface area contributed by atoms with Crippen LogP contribution in [0.1, 0.15) is 41.9 Å². The van der Waals surface area contributed by atoms with Gasteiger partial charge in [-0.1, -0.05) is 0 Å². The van der Waals surface area contributed by atoms with E-state index >= 15 is 0 Å². The van der Waals surface area contributed by atoms with Crippen LogP contribution in [0.2, 0.25) is 0 Å². The zero-order chi connectivity index (χ0) is 18.1. The fourth-order valence-corrected chi connectivity index (χ4v) is 3.76. The largest absolute Gasteiger partial charge is 0.371 e. The molecule has 1 aliphatic heterocycles. The number of carbonyl (C=O) groups is 1. The van der Waals surface area contributed by atoms with Gasteiger partial charge < -0.3 is 15.5 Å². The van der Waals surface area contributed by atoms with E-state index in [0.29, 0.717) is 17.8 Å². The smallest absolute Gasteiger partial charge is 0.267 e. The van der Waals surface area contributed by atoms with Gasteiger partial charge in [0, 0.05) is 48.8 Å². The van der Waals surface area contributed by atoms with Crippen molar-refractivity contribution < 1.29 is 4.79 Å². The second-order valence-electron chi connectivity index (χ2n) is 7.14. The van der Waals surface area contributed by atoms with E-state index in [1.165, 1.54) is 12.8 Å². The Morgan fingerprint density at radius 2 is 1.85 bits per heavy atom. The molecule has 0 radical (unpaired) electrons. The molecule has 1 saturated carbocycles. The van der Waals surface area contributed by atoms with Gasteiger partial charge in [-0.2, -0.15) is 0 Å². The number of aromatic nitrogens is 3. The standard InChI is InChI=1S/C19H24N6O/c1-13-10-18(23-12-22-13)25(14-2-3-14)15-5-8-24(9-6-15)16-4-7-21-17(11-16)19(20)26/h4,7,10-12,14-15H,2-3,5-6,8-9H2,1H3,(H2,20,26). The van der Waals surface area contributed by atoms with Gasteiger partial charge in [0.1, 0.15) is 17.8 Å². The average Bonchev–Trinajstić information content (AvgIpc) is 3.48. The summed E-state index contributed by atoms with van der Waals surface area (Å²) in [5, 5.41) is 0. The lowest BCUT2D eigenvalue weighted by Crippen LogP contribution is -2.46. The predicted octanol–water partition coefficient (Wildman–Crippen LogP) is 1.92. The summed E-state index contributed by atoms with van der Waals surface area (Å²) in [5.41, 5.74) is 7.70. The van der Waals surface area contributed by atoms with E-state index < -0.39 is 5.91 Å². The first-order chi connectivity index (χ1) is 12.6. The fourth-order valence-electron chi connectivity index (χ4n) is 3.76. The Morgan fingerprint density at radius 3 is 2.50 bits per heavy atom. The van der Waals surface area contributed by atoms with E-state index in [-0.39, 0.29) is 0 Å². The minimum Gasteiger partial charge on any atom is -0.371 e. The minimum atomic E-state index is -0.485. The van der Waals surface area contributed by atoms with Crippen molar-refractivity contribution in [3.05, 3.63) is 42.1 Å². The molecule has 0 atom stereocenters. The highest BCUT2D eigenvalue weighted by Gasteiger charge is 2.36. The molecule has 1 aliphatic carbocycles. The highest BCUT2D eigenvalue weighted by atomic mass is 16.1. The van der Waals surface area contributed by atoms with Crippen LogP contribution in [0, 0.1) is 6.92 Å². The zero-order valence-corrected chi connectivity index (χ0v) is 15.0. The molecule has 0 bridgehead atoms. The molecule has 0 unspecified atom stereocenters. The van der Waals surface area contributed by atoms with Gasteiger partial charge in [0.05, 0.1) is 0 Å². The first-order valence-electron chi connectivity index (χ1n) is 9.19. The minimum absolute atomic E-state index is 0.320. The van der Waals surface area contributed by atoms with Crippen LogP contribution in [0.15, 0.2) is 30.7 Å². The molecule has 2 aromatic heterocycles. The average molecular weight is 352 g/mol. The Balaban J connectivity index is 1.47. The number of primary amides is 1. The molecule has 2 fully saturated rings. The molecule has 2 N–H and O–H groups in total. The Hall–Kier alpha value is -2.70. The van der Waals surface area contributed by atoms with Gasteiger partial charge in [-0.25, -0.2) is 9.97 Å².